The molecule has 0 radical (unpaired) electrons. The number of halogens is 2. The van der Waals surface area contributed by atoms with Gasteiger partial charge >= 0.3 is 0 Å². The molecule has 0 bridgehead atoms. The van der Waals surface area contributed by atoms with Crippen molar-refractivity contribution < 1.29 is 0 Å². The third kappa shape index (κ3) is 6.12. The van der Waals surface area contributed by atoms with E-state index >= 15 is 0 Å². The zero-order valence-corrected chi connectivity index (χ0v) is 16.7. The van der Waals surface area contributed by atoms with Crippen LogP contribution in [0.2, 0.25) is 0 Å². The summed E-state index contributed by atoms with van der Waals surface area (Å²) < 4.78 is 2.76. The standard InChI is InChI=1S/C9H10I2.C9H12/c1-6(2)7-4-3-5-8(10)9(7)11;1-2-6-9-7-4-3-5-8-9/h3-6H,1-2H3;3-5,7-8H,2,6H2,1H3. The van der Waals surface area contributed by atoms with Crippen LogP contribution in [-0.2, 0) is 6.42 Å². The summed E-state index contributed by atoms with van der Waals surface area (Å²) in [5, 5.41) is 0. The minimum absolute atomic E-state index is 0.636. The molecule has 2 aromatic rings. The Hall–Kier alpha value is -0.100. The van der Waals surface area contributed by atoms with Crippen LogP contribution >= 0.6 is 45.2 Å². The molecule has 0 saturated carbocycles. The maximum atomic E-state index is 2.41. The topological polar surface area (TPSA) is 0 Å². The van der Waals surface area contributed by atoms with E-state index in [0.717, 1.165) is 0 Å². The highest BCUT2D eigenvalue weighted by atomic mass is 127. The van der Waals surface area contributed by atoms with E-state index in [1.165, 1.54) is 31.1 Å². The summed E-state index contributed by atoms with van der Waals surface area (Å²) >= 11 is 4.79. The zero-order valence-electron chi connectivity index (χ0n) is 12.4. The van der Waals surface area contributed by atoms with E-state index in [4.69, 9.17) is 0 Å². The first-order valence-electron chi connectivity index (χ1n) is 7.04. The third-order valence-corrected chi connectivity index (χ3v) is 6.12. The van der Waals surface area contributed by atoms with E-state index in [1.807, 2.05) is 0 Å². The molecule has 108 valence electrons. The van der Waals surface area contributed by atoms with E-state index in [9.17, 15) is 0 Å². The number of aryl methyl sites for hydroxylation is 1. The predicted octanol–water partition coefficient (Wildman–Crippen LogP) is 6.66. The molecule has 0 N–H and O–H groups in total. The summed E-state index contributed by atoms with van der Waals surface area (Å²) in [6.45, 7) is 6.66. The summed E-state index contributed by atoms with van der Waals surface area (Å²) in [4.78, 5) is 0. The molecule has 0 nitrogen and oxygen atoms in total. The van der Waals surface area contributed by atoms with E-state index in [-0.39, 0.29) is 0 Å². The normalized spacial score (nSPS) is 10.1. The van der Waals surface area contributed by atoms with Gasteiger partial charge in [-0.3, -0.25) is 0 Å². The van der Waals surface area contributed by atoms with Crippen LogP contribution in [0.15, 0.2) is 48.5 Å². The molecule has 0 unspecified atom stereocenters. The first-order chi connectivity index (χ1) is 9.56. The molecule has 0 amide bonds. The lowest BCUT2D eigenvalue weighted by Crippen LogP contribution is -1.93. The van der Waals surface area contributed by atoms with Gasteiger partial charge in [0.15, 0.2) is 0 Å². The highest BCUT2D eigenvalue weighted by molar-refractivity contribution is 14.1. The van der Waals surface area contributed by atoms with Crippen molar-refractivity contribution in [3.05, 3.63) is 66.8 Å². The van der Waals surface area contributed by atoms with Crippen LogP contribution in [0.3, 0.4) is 0 Å². The van der Waals surface area contributed by atoms with Gasteiger partial charge in [-0.15, -0.1) is 0 Å². The molecule has 2 heteroatoms. The van der Waals surface area contributed by atoms with Crippen molar-refractivity contribution in [2.45, 2.75) is 39.5 Å². The largest absolute Gasteiger partial charge is 0.0651 e. The van der Waals surface area contributed by atoms with Crippen molar-refractivity contribution in [3.63, 3.8) is 0 Å². The Morgan fingerprint density at radius 2 is 1.55 bits per heavy atom. The average Bonchev–Trinajstić information content (AvgIpc) is 2.44. The van der Waals surface area contributed by atoms with Crippen LogP contribution in [0.4, 0.5) is 0 Å². The molecule has 0 spiro atoms. The van der Waals surface area contributed by atoms with Crippen LogP contribution in [0.25, 0.3) is 0 Å². The predicted molar refractivity (Wildman–Crippen MR) is 106 cm³/mol. The average molecular weight is 492 g/mol. The second kappa shape index (κ2) is 9.77. The number of hydrogen-bond acceptors (Lipinski definition) is 0. The second-order valence-corrected chi connectivity index (χ2v) is 7.27. The van der Waals surface area contributed by atoms with Gasteiger partial charge in [0.05, 0.1) is 0 Å². The quantitative estimate of drug-likeness (QED) is 0.421. The minimum atomic E-state index is 0.636. The van der Waals surface area contributed by atoms with Crippen LogP contribution in [0.5, 0.6) is 0 Å². The summed E-state index contributed by atoms with van der Waals surface area (Å²) in [5.74, 6) is 0.636. The van der Waals surface area contributed by atoms with Gasteiger partial charge in [-0.25, -0.2) is 0 Å². The fourth-order valence-electron chi connectivity index (χ4n) is 1.90. The van der Waals surface area contributed by atoms with E-state index in [0.29, 0.717) is 5.92 Å². The molecule has 0 fully saturated rings. The second-order valence-electron chi connectivity index (χ2n) is 5.03. The lowest BCUT2D eigenvalue weighted by Gasteiger charge is -2.08. The van der Waals surface area contributed by atoms with Crippen LogP contribution in [0, 0.1) is 7.14 Å². The Balaban J connectivity index is 0.000000204. The molecule has 0 aliphatic rings. The Morgan fingerprint density at radius 3 is 2.05 bits per heavy atom. The van der Waals surface area contributed by atoms with Gasteiger partial charge in [-0.1, -0.05) is 69.7 Å². The van der Waals surface area contributed by atoms with Gasteiger partial charge in [-0.2, -0.15) is 0 Å². The summed E-state index contributed by atoms with van der Waals surface area (Å²) in [5.41, 5.74) is 2.90. The Morgan fingerprint density at radius 1 is 0.900 bits per heavy atom. The van der Waals surface area contributed by atoms with Gasteiger partial charge in [0.2, 0.25) is 0 Å². The van der Waals surface area contributed by atoms with E-state index in [1.54, 1.807) is 0 Å². The maximum Gasteiger partial charge on any atom is 0.0298 e. The number of hydrogen-bond donors (Lipinski definition) is 0. The molecule has 2 rings (SSSR count). The summed E-state index contributed by atoms with van der Waals surface area (Å²) in [7, 11) is 0. The summed E-state index contributed by atoms with van der Waals surface area (Å²) in [6.07, 6.45) is 2.45. The summed E-state index contributed by atoms with van der Waals surface area (Å²) in [6, 6.07) is 17.0. The SMILES string of the molecule is CC(C)c1cccc(I)c1I.CCCc1ccccc1. The highest BCUT2D eigenvalue weighted by Crippen LogP contribution is 2.24. The maximum absolute atomic E-state index is 2.41. The van der Waals surface area contributed by atoms with Crippen LogP contribution in [0.1, 0.15) is 44.2 Å². The molecule has 0 aromatic heterocycles. The van der Waals surface area contributed by atoms with Gasteiger partial charge in [0, 0.05) is 7.14 Å². The van der Waals surface area contributed by atoms with Crippen molar-refractivity contribution in [3.8, 4) is 0 Å². The smallest absolute Gasteiger partial charge is 0.0298 e. The lowest BCUT2D eigenvalue weighted by molar-refractivity contribution is 0.859. The Kier molecular flexibility index (Phi) is 8.77. The van der Waals surface area contributed by atoms with Gasteiger partial charge in [0.25, 0.3) is 0 Å². The molecule has 0 aliphatic carbocycles. The van der Waals surface area contributed by atoms with E-state index < -0.39 is 0 Å². The lowest BCUT2D eigenvalue weighted by atomic mass is 10.0. The van der Waals surface area contributed by atoms with Crippen LogP contribution in [-0.4, -0.2) is 0 Å². The van der Waals surface area contributed by atoms with Gasteiger partial charge in [-0.05, 0) is 74.7 Å². The molecule has 0 heterocycles. The minimum Gasteiger partial charge on any atom is -0.0651 e. The molecule has 0 atom stereocenters. The zero-order chi connectivity index (χ0) is 15.0. The van der Waals surface area contributed by atoms with E-state index in [2.05, 4.69) is 114 Å². The number of rotatable bonds is 3. The van der Waals surface area contributed by atoms with Crippen molar-refractivity contribution in [2.75, 3.05) is 0 Å². The monoisotopic (exact) mass is 492 g/mol. The fourth-order valence-corrected chi connectivity index (χ4v) is 3.40. The van der Waals surface area contributed by atoms with Crippen LogP contribution < -0.4 is 0 Å². The molecular weight excluding hydrogens is 470 g/mol. The molecule has 0 aliphatic heterocycles. The molecular formula is C18H22I2. The molecule has 20 heavy (non-hydrogen) atoms. The third-order valence-electron chi connectivity index (χ3n) is 2.98. The number of benzene rings is 2. The Bertz CT molecular complexity index is 504. The highest BCUT2D eigenvalue weighted by Gasteiger charge is 2.05. The fraction of sp³-hybridized carbons (Fsp3) is 0.333. The van der Waals surface area contributed by atoms with Gasteiger partial charge < -0.3 is 0 Å². The first kappa shape index (κ1) is 18.0. The van der Waals surface area contributed by atoms with Crippen molar-refractivity contribution in [1.29, 1.82) is 0 Å². The Labute approximate surface area is 150 Å². The molecule has 0 saturated heterocycles. The van der Waals surface area contributed by atoms with Crippen molar-refractivity contribution in [2.24, 2.45) is 0 Å². The van der Waals surface area contributed by atoms with Crippen molar-refractivity contribution >= 4 is 45.2 Å². The molecule has 2 aromatic carbocycles. The van der Waals surface area contributed by atoms with Gasteiger partial charge in [0.1, 0.15) is 0 Å². The first-order valence-corrected chi connectivity index (χ1v) is 9.19. The van der Waals surface area contributed by atoms with Crippen molar-refractivity contribution in [1.82, 2.24) is 0 Å².